The summed E-state index contributed by atoms with van der Waals surface area (Å²) in [5, 5.41) is 17.5. The van der Waals surface area contributed by atoms with Gasteiger partial charge in [0, 0.05) is 0 Å². The molecular formula is C6H11INO4P. The van der Waals surface area contributed by atoms with E-state index in [4.69, 9.17) is 18.7 Å². The number of aliphatic hydroxyl groups is 1. The molecule has 76 valence electrons. The van der Waals surface area contributed by atoms with Crippen LogP contribution in [-0.4, -0.2) is 28.5 Å². The molecule has 0 spiro atoms. The van der Waals surface area contributed by atoms with E-state index in [9.17, 15) is 5.11 Å². The van der Waals surface area contributed by atoms with Gasteiger partial charge in [0.05, 0.1) is 25.2 Å². The molecule has 0 aromatic rings. The maximum absolute atomic E-state index is 9.90. The van der Waals surface area contributed by atoms with E-state index in [1.807, 2.05) is 22.6 Å². The van der Waals surface area contributed by atoms with Gasteiger partial charge in [0.15, 0.2) is 0 Å². The molecule has 1 atom stereocenters. The van der Waals surface area contributed by atoms with Gasteiger partial charge in [-0.3, -0.25) is 0 Å². The normalized spacial score (nSPS) is 48.8. The molecular weight excluding hydrogens is 308 g/mol. The molecule has 2 N–H and O–H groups in total. The van der Waals surface area contributed by atoms with Crippen molar-refractivity contribution in [3.8, 4) is 0 Å². The van der Waals surface area contributed by atoms with Gasteiger partial charge in [-0.25, -0.2) is 5.16 Å². The summed E-state index contributed by atoms with van der Waals surface area (Å²) in [6.07, 6.45) is 0. The van der Waals surface area contributed by atoms with Gasteiger partial charge in [0.2, 0.25) is 0 Å². The Morgan fingerprint density at radius 3 is 2.08 bits per heavy atom. The second-order valence-corrected chi connectivity index (χ2v) is 7.42. The Hall–Kier alpha value is 0.800. The van der Waals surface area contributed by atoms with Crippen LogP contribution in [0.1, 0.15) is 6.92 Å². The largest absolute Gasteiger partial charge is 0.379 e. The average molecular weight is 319 g/mol. The lowest BCUT2D eigenvalue weighted by molar-refractivity contribution is -0.139. The lowest BCUT2D eigenvalue weighted by Crippen LogP contribution is -2.55. The molecule has 13 heavy (non-hydrogen) atoms. The molecule has 0 amide bonds. The van der Waals surface area contributed by atoms with Crippen LogP contribution >= 0.6 is 30.3 Å². The van der Waals surface area contributed by atoms with Crippen molar-refractivity contribution in [2.45, 2.75) is 10.5 Å². The fraction of sp³-hybridized carbons (Fsp3) is 1.00. The van der Waals surface area contributed by atoms with E-state index < -0.39 is 16.8 Å². The smallest absolute Gasteiger partial charge is 0.352 e. The first-order chi connectivity index (χ1) is 5.87. The molecule has 0 aromatic carbocycles. The molecule has 7 heteroatoms. The number of fused-ring (bicyclic) bond motifs is 3. The van der Waals surface area contributed by atoms with Crippen LogP contribution in [-0.2, 0) is 13.6 Å². The van der Waals surface area contributed by atoms with Crippen LogP contribution in [0.25, 0.3) is 0 Å². The number of hydrogen-bond donors (Lipinski definition) is 2. The lowest BCUT2D eigenvalue weighted by atomic mass is 9.85. The molecule has 1 unspecified atom stereocenters. The Kier molecular flexibility index (Phi) is 2.30. The number of hydrogen-bond acceptors (Lipinski definition) is 5. The van der Waals surface area contributed by atoms with Crippen LogP contribution < -0.4 is 0 Å². The summed E-state index contributed by atoms with van der Waals surface area (Å²) >= 11 is 1.94. The zero-order chi connectivity index (χ0) is 9.74. The third kappa shape index (κ3) is 1.57. The van der Waals surface area contributed by atoms with E-state index in [1.54, 1.807) is 6.92 Å². The van der Waals surface area contributed by atoms with Gasteiger partial charge < -0.3 is 18.7 Å². The van der Waals surface area contributed by atoms with Crippen molar-refractivity contribution in [1.29, 1.82) is 5.16 Å². The quantitative estimate of drug-likeness (QED) is 0.439. The van der Waals surface area contributed by atoms with Gasteiger partial charge >= 0.3 is 7.74 Å². The zero-order valence-corrected chi connectivity index (χ0v) is 10.2. The molecule has 5 nitrogen and oxygen atoms in total. The Balaban J connectivity index is 2.25. The van der Waals surface area contributed by atoms with E-state index in [-0.39, 0.29) is 0 Å². The minimum Gasteiger partial charge on any atom is -0.379 e. The van der Waals surface area contributed by atoms with Gasteiger partial charge in [0.25, 0.3) is 0 Å². The number of rotatable bonds is 1. The van der Waals surface area contributed by atoms with Crippen molar-refractivity contribution >= 4 is 30.3 Å². The van der Waals surface area contributed by atoms with Crippen LogP contribution in [0.5, 0.6) is 0 Å². The molecule has 0 aromatic heterocycles. The van der Waals surface area contributed by atoms with E-state index >= 15 is 0 Å². The number of halogens is 1. The fourth-order valence-corrected chi connectivity index (χ4v) is 3.20. The minimum atomic E-state index is -2.75. The zero-order valence-electron chi connectivity index (χ0n) is 7.12. The number of alkyl halides is 1. The molecule has 3 heterocycles. The highest BCUT2D eigenvalue weighted by Gasteiger charge is 2.56. The van der Waals surface area contributed by atoms with Crippen molar-refractivity contribution in [3.63, 3.8) is 0 Å². The van der Waals surface area contributed by atoms with Crippen LogP contribution in [0.2, 0.25) is 0 Å². The Bertz CT molecular complexity index is 245. The lowest BCUT2D eigenvalue weighted by Gasteiger charge is -2.50. The third-order valence-electron chi connectivity index (χ3n) is 2.50. The molecule has 0 aliphatic carbocycles. The summed E-state index contributed by atoms with van der Waals surface area (Å²) in [5.41, 5.74) is -0.518. The highest BCUT2D eigenvalue weighted by molar-refractivity contribution is 14.1. The van der Waals surface area contributed by atoms with Crippen molar-refractivity contribution in [2.75, 3.05) is 19.8 Å². The molecule has 0 radical (unpaired) electrons. The molecule has 3 aliphatic heterocycles. The van der Waals surface area contributed by atoms with E-state index in [2.05, 4.69) is 0 Å². The van der Waals surface area contributed by atoms with Crippen LogP contribution in [0, 0.1) is 10.6 Å². The van der Waals surface area contributed by atoms with Gasteiger partial charge in [-0.15, -0.1) is 0 Å². The van der Waals surface area contributed by atoms with E-state index in [1.165, 1.54) is 0 Å². The molecule has 3 saturated heterocycles. The SMILES string of the molecule is CC(O)(I)C12COP(=N)(OC1)OC2. The number of nitrogens with one attached hydrogen (secondary N) is 1. The van der Waals surface area contributed by atoms with Gasteiger partial charge in [-0.1, -0.05) is 0 Å². The molecule has 3 rings (SSSR count). The van der Waals surface area contributed by atoms with Crippen molar-refractivity contribution in [1.82, 2.24) is 0 Å². The summed E-state index contributed by atoms with van der Waals surface area (Å²) < 4.78 is 14.6. The fourth-order valence-electron chi connectivity index (χ4n) is 1.26. The Labute approximate surface area is 90.0 Å². The third-order valence-corrected chi connectivity index (χ3v) is 5.05. The van der Waals surface area contributed by atoms with Gasteiger partial charge in [-0.2, -0.15) is 0 Å². The summed E-state index contributed by atoms with van der Waals surface area (Å²) in [4.78, 5) is 0. The highest BCUT2D eigenvalue weighted by atomic mass is 127. The minimum absolute atomic E-state index is 0.347. The maximum atomic E-state index is 9.90. The second kappa shape index (κ2) is 2.90. The van der Waals surface area contributed by atoms with E-state index in [0.717, 1.165) is 0 Å². The van der Waals surface area contributed by atoms with Crippen molar-refractivity contribution in [2.24, 2.45) is 5.41 Å². The second-order valence-electron chi connectivity index (χ2n) is 3.55. The van der Waals surface area contributed by atoms with Crippen LogP contribution in [0.4, 0.5) is 0 Å². The topological polar surface area (TPSA) is 71.8 Å². The van der Waals surface area contributed by atoms with Crippen molar-refractivity contribution in [3.05, 3.63) is 0 Å². The molecule has 0 saturated carbocycles. The first-order valence-electron chi connectivity index (χ1n) is 3.86. The van der Waals surface area contributed by atoms with Crippen LogP contribution in [0.15, 0.2) is 0 Å². The monoisotopic (exact) mass is 319 g/mol. The molecule has 3 aliphatic rings. The van der Waals surface area contributed by atoms with Crippen molar-refractivity contribution < 1.29 is 18.7 Å². The van der Waals surface area contributed by atoms with Gasteiger partial charge in [0.1, 0.15) is 3.61 Å². The van der Waals surface area contributed by atoms with Gasteiger partial charge in [-0.05, 0) is 29.5 Å². The molecule has 3 fully saturated rings. The maximum Gasteiger partial charge on any atom is 0.352 e. The standard InChI is InChI=1S/C6H11INO4P/c1-5(7,9)6-2-10-13(8,11-3-6)12-4-6/h8-9H,2-4H2,1H3. The predicted octanol–water partition coefficient (Wildman–Crippen LogP) is 1.72. The summed E-state index contributed by atoms with van der Waals surface area (Å²) in [6.45, 7) is 2.74. The summed E-state index contributed by atoms with van der Waals surface area (Å²) in [5.74, 6) is 0. The summed E-state index contributed by atoms with van der Waals surface area (Å²) in [7, 11) is -2.75. The Morgan fingerprint density at radius 2 is 1.77 bits per heavy atom. The predicted molar refractivity (Wildman–Crippen MR) is 54.6 cm³/mol. The van der Waals surface area contributed by atoms with E-state index in [0.29, 0.717) is 19.8 Å². The highest BCUT2D eigenvalue weighted by Crippen LogP contribution is 2.63. The van der Waals surface area contributed by atoms with Crippen LogP contribution in [0.3, 0.4) is 0 Å². The first-order valence-corrected chi connectivity index (χ1v) is 6.48. The first kappa shape index (κ1) is 10.3. The average Bonchev–Trinajstić information content (AvgIpc) is 2.04. The Morgan fingerprint density at radius 1 is 1.38 bits per heavy atom. The summed E-state index contributed by atoms with van der Waals surface area (Å²) in [6, 6.07) is 0. The molecule has 2 bridgehead atoms.